The van der Waals surface area contributed by atoms with Gasteiger partial charge in [0.2, 0.25) is 5.91 Å². The average Bonchev–Trinajstić information content (AvgIpc) is 2.45. The van der Waals surface area contributed by atoms with Crippen LogP contribution >= 0.6 is 0 Å². The van der Waals surface area contributed by atoms with Crippen molar-refractivity contribution in [2.24, 2.45) is 0 Å². The van der Waals surface area contributed by atoms with Gasteiger partial charge in [-0.2, -0.15) is 0 Å². The highest BCUT2D eigenvalue weighted by Crippen LogP contribution is 2.29. The molecular weight excluding hydrogens is 194 g/mol. The molecule has 1 aliphatic heterocycles. The van der Waals surface area contributed by atoms with Crippen LogP contribution in [0.2, 0.25) is 0 Å². The first-order valence-corrected chi connectivity index (χ1v) is 5.61. The Balaban J connectivity index is 1.95. The smallest absolute Gasteiger partial charge is 0.230 e. The number of likely N-dealkylation sites (tertiary alicyclic amines) is 1. The Morgan fingerprint density at radius 1 is 1.20 bits per heavy atom. The zero-order chi connectivity index (χ0) is 10.9. The van der Waals surface area contributed by atoms with Crippen molar-refractivity contribution in [3.63, 3.8) is 0 Å². The number of carbonyl (C=O) groups excluding carboxylic acids is 2. The molecule has 2 fully saturated rings. The van der Waals surface area contributed by atoms with Gasteiger partial charge in [-0.25, -0.2) is 0 Å². The van der Waals surface area contributed by atoms with E-state index in [9.17, 15) is 14.7 Å². The van der Waals surface area contributed by atoms with Gasteiger partial charge in [-0.1, -0.05) is 19.3 Å². The summed E-state index contributed by atoms with van der Waals surface area (Å²) in [5.41, 5.74) is -0.738. The molecule has 1 saturated heterocycles. The second-order valence-electron chi connectivity index (χ2n) is 4.75. The lowest BCUT2D eigenvalue weighted by Gasteiger charge is -2.35. The van der Waals surface area contributed by atoms with Crippen LogP contribution in [0.5, 0.6) is 0 Å². The Morgan fingerprint density at radius 2 is 1.87 bits per heavy atom. The maximum absolute atomic E-state index is 11.4. The number of rotatable bonds is 2. The molecule has 2 aliphatic rings. The van der Waals surface area contributed by atoms with Crippen LogP contribution in [-0.2, 0) is 9.59 Å². The minimum atomic E-state index is -0.738. The molecule has 1 aliphatic carbocycles. The lowest BCUT2D eigenvalue weighted by Crippen LogP contribution is -2.45. The van der Waals surface area contributed by atoms with Crippen molar-refractivity contribution in [3.8, 4) is 0 Å². The number of nitrogens with zero attached hydrogens (tertiary/aromatic N) is 1. The fourth-order valence-electron chi connectivity index (χ4n) is 2.50. The van der Waals surface area contributed by atoms with E-state index in [1.165, 1.54) is 4.90 Å². The summed E-state index contributed by atoms with van der Waals surface area (Å²) in [6, 6.07) is 0. The molecule has 1 saturated carbocycles. The van der Waals surface area contributed by atoms with Gasteiger partial charge in [0.15, 0.2) is 5.78 Å². The Kier molecular flexibility index (Phi) is 2.78. The second kappa shape index (κ2) is 3.93. The number of aliphatic hydroxyl groups is 1. The molecule has 0 bridgehead atoms. The van der Waals surface area contributed by atoms with Gasteiger partial charge in [0, 0.05) is 6.54 Å². The molecule has 0 radical (unpaired) electrons. The number of hydrogen-bond donors (Lipinski definition) is 1. The standard InChI is InChI=1S/C11H17NO3/c13-9-6-10(14)12(7-9)8-11(15)4-2-1-3-5-11/h15H,1-8H2. The van der Waals surface area contributed by atoms with Crippen LogP contribution in [0.1, 0.15) is 38.5 Å². The number of hydrogen-bond acceptors (Lipinski definition) is 3. The predicted molar refractivity (Wildman–Crippen MR) is 54.2 cm³/mol. The van der Waals surface area contributed by atoms with Crippen LogP contribution in [0.4, 0.5) is 0 Å². The van der Waals surface area contributed by atoms with Crippen LogP contribution in [0.15, 0.2) is 0 Å². The number of carbonyl (C=O) groups is 2. The van der Waals surface area contributed by atoms with Gasteiger partial charge >= 0.3 is 0 Å². The van der Waals surface area contributed by atoms with E-state index in [-0.39, 0.29) is 24.7 Å². The molecule has 1 N–H and O–H groups in total. The third kappa shape index (κ3) is 2.37. The van der Waals surface area contributed by atoms with E-state index in [0.717, 1.165) is 32.1 Å². The van der Waals surface area contributed by atoms with Crippen LogP contribution in [0, 0.1) is 0 Å². The van der Waals surface area contributed by atoms with E-state index < -0.39 is 5.60 Å². The number of β-amino-alcohol motifs (C(OH)–C–C–N with tert-alkyl or cyclic N) is 1. The Hall–Kier alpha value is -0.900. The van der Waals surface area contributed by atoms with Crippen molar-refractivity contribution in [1.82, 2.24) is 4.90 Å². The lowest BCUT2D eigenvalue weighted by atomic mass is 9.84. The van der Waals surface area contributed by atoms with Crippen molar-refractivity contribution >= 4 is 11.7 Å². The molecule has 0 unspecified atom stereocenters. The molecule has 4 nitrogen and oxygen atoms in total. The summed E-state index contributed by atoms with van der Waals surface area (Å²) in [5.74, 6) is -0.154. The summed E-state index contributed by atoms with van der Waals surface area (Å²) in [5, 5.41) is 10.2. The summed E-state index contributed by atoms with van der Waals surface area (Å²) >= 11 is 0. The maximum atomic E-state index is 11.4. The van der Waals surface area contributed by atoms with Crippen molar-refractivity contribution in [3.05, 3.63) is 0 Å². The maximum Gasteiger partial charge on any atom is 0.230 e. The molecule has 0 aromatic rings. The van der Waals surface area contributed by atoms with Gasteiger partial charge < -0.3 is 10.0 Å². The van der Waals surface area contributed by atoms with Crippen molar-refractivity contribution in [2.45, 2.75) is 44.1 Å². The summed E-state index contributed by atoms with van der Waals surface area (Å²) in [7, 11) is 0. The van der Waals surface area contributed by atoms with E-state index >= 15 is 0 Å². The van der Waals surface area contributed by atoms with Gasteiger partial charge in [0.1, 0.15) is 0 Å². The Bertz CT molecular complexity index is 282. The summed E-state index contributed by atoms with van der Waals surface area (Å²) < 4.78 is 0. The zero-order valence-electron chi connectivity index (χ0n) is 8.87. The number of amides is 1. The van der Waals surface area contributed by atoms with Crippen molar-refractivity contribution < 1.29 is 14.7 Å². The average molecular weight is 211 g/mol. The fraction of sp³-hybridized carbons (Fsp3) is 0.818. The van der Waals surface area contributed by atoms with E-state index in [1.54, 1.807) is 0 Å². The molecule has 0 aromatic heterocycles. The highest BCUT2D eigenvalue weighted by molar-refractivity contribution is 6.05. The largest absolute Gasteiger partial charge is 0.388 e. The zero-order valence-corrected chi connectivity index (χ0v) is 8.87. The normalized spacial score (nSPS) is 26.1. The predicted octanol–water partition coefficient (Wildman–Crippen LogP) is 0.483. The first kappa shape index (κ1) is 10.6. The van der Waals surface area contributed by atoms with E-state index in [0.29, 0.717) is 6.54 Å². The summed E-state index contributed by atoms with van der Waals surface area (Å²) in [6.45, 7) is 0.540. The van der Waals surface area contributed by atoms with Gasteiger partial charge in [-0.3, -0.25) is 9.59 Å². The van der Waals surface area contributed by atoms with E-state index in [2.05, 4.69) is 0 Å². The van der Waals surface area contributed by atoms with Gasteiger partial charge in [0.25, 0.3) is 0 Å². The highest BCUT2D eigenvalue weighted by atomic mass is 16.3. The third-order valence-corrected chi connectivity index (χ3v) is 3.34. The Labute approximate surface area is 89.3 Å². The second-order valence-corrected chi connectivity index (χ2v) is 4.75. The molecule has 0 spiro atoms. The molecular formula is C11H17NO3. The van der Waals surface area contributed by atoms with E-state index in [1.807, 2.05) is 0 Å². The Morgan fingerprint density at radius 3 is 2.40 bits per heavy atom. The first-order chi connectivity index (χ1) is 7.09. The summed E-state index contributed by atoms with van der Waals surface area (Å²) in [4.78, 5) is 24.0. The first-order valence-electron chi connectivity index (χ1n) is 5.61. The molecule has 2 rings (SSSR count). The third-order valence-electron chi connectivity index (χ3n) is 3.34. The summed E-state index contributed by atoms with van der Waals surface area (Å²) in [6.07, 6.45) is 4.74. The van der Waals surface area contributed by atoms with Crippen LogP contribution in [-0.4, -0.2) is 40.4 Å². The van der Waals surface area contributed by atoms with Crippen molar-refractivity contribution in [2.75, 3.05) is 13.1 Å². The minimum Gasteiger partial charge on any atom is -0.388 e. The lowest BCUT2D eigenvalue weighted by molar-refractivity contribution is -0.131. The molecule has 0 aromatic carbocycles. The molecule has 15 heavy (non-hydrogen) atoms. The van der Waals surface area contributed by atoms with Crippen LogP contribution < -0.4 is 0 Å². The quantitative estimate of drug-likeness (QED) is 0.676. The molecule has 1 amide bonds. The highest BCUT2D eigenvalue weighted by Gasteiger charge is 2.36. The van der Waals surface area contributed by atoms with Gasteiger partial charge in [-0.05, 0) is 12.8 Å². The minimum absolute atomic E-state index is 0.0239. The van der Waals surface area contributed by atoms with Crippen molar-refractivity contribution in [1.29, 1.82) is 0 Å². The van der Waals surface area contributed by atoms with Crippen LogP contribution in [0.3, 0.4) is 0 Å². The molecule has 4 heteroatoms. The van der Waals surface area contributed by atoms with Gasteiger partial charge in [-0.15, -0.1) is 0 Å². The van der Waals surface area contributed by atoms with Gasteiger partial charge in [0.05, 0.1) is 18.6 Å². The topological polar surface area (TPSA) is 57.6 Å². The fourth-order valence-corrected chi connectivity index (χ4v) is 2.50. The van der Waals surface area contributed by atoms with E-state index in [4.69, 9.17) is 0 Å². The monoisotopic (exact) mass is 211 g/mol. The molecule has 1 heterocycles. The van der Waals surface area contributed by atoms with Crippen LogP contribution in [0.25, 0.3) is 0 Å². The SMILES string of the molecule is O=C1CC(=O)N(CC2(O)CCCCC2)C1. The molecule has 84 valence electrons. The number of Topliss-reactive ketones (excluding diaryl/α,β-unsaturated/α-hetero) is 1. The number of ketones is 1. The molecule has 0 atom stereocenters.